The number of benzene rings is 2. The highest BCUT2D eigenvalue weighted by molar-refractivity contribution is 5.98. The maximum Gasteiger partial charge on any atom is 0.330 e. The summed E-state index contributed by atoms with van der Waals surface area (Å²) in [6, 6.07) is 16.5. The SMILES string of the molecule is CCOC(OCC)[C@@H]1C(=O)N2[C@H](c3ccc(OCc4ccccc4)cc3)COC(=O)[C@@H]12. The van der Waals surface area contributed by atoms with Crippen LogP contribution in [0, 0.1) is 5.92 Å². The normalized spacial score (nSPS) is 22.7. The Kier molecular flexibility index (Phi) is 6.53. The fourth-order valence-electron chi connectivity index (χ4n) is 4.10. The van der Waals surface area contributed by atoms with Gasteiger partial charge in [-0.3, -0.25) is 4.79 Å². The highest BCUT2D eigenvalue weighted by Gasteiger charge is 2.61. The van der Waals surface area contributed by atoms with Gasteiger partial charge in [0.25, 0.3) is 0 Å². The van der Waals surface area contributed by atoms with Gasteiger partial charge in [0.05, 0.1) is 6.04 Å². The Hall–Kier alpha value is -2.90. The lowest BCUT2D eigenvalue weighted by Crippen LogP contribution is -2.71. The van der Waals surface area contributed by atoms with E-state index in [0.717, 1.165) is 16.9 Å². The minimum Gasteiger partial charge on any atom is -0.489 e. The number of nitrogens with zero attached hydrogens (tertiary/aromatic N) is 1. The number of morpholine rings is 1. The van der Waals surface area contributed by atoms with Crippen molar-refractivity contribution in [2.75, 3.05) is 19.8 Å². The third-order valence-corrected chi connectivity index (χ3v) is 5.61. The van der Waals surface area contributed by atoms with Crippen LogP contribution >= 0.6 is 0 Å². The average Bonchev–Trinajstić information content (AvgIpc) is 2.79. The lowest BCUT2D eigenvalue weighted by atomic mass is 9.82. The van der Waals surface area contributed by atoms with E-state index in [0.29, 0.717) is 19.8 Å². The van der Waals surface area contributed by atoms with E-state index in [2.05, 4.69) is 0 Å². The van der Waals surface area contributed by atoms with E-state index >= 15 is 0 Å². The van der Waals surface area contributed by atoms with E-state index in [4.69, 9.17) is 18.9 Å². The van der Waals surface area contributed by atoms with E-state index < -0.39 is 24.2 Å². The number of hydrogen-bond donors (Lipinski definition) is 0. The summed E-state index contributed by atoms with van der Waals surface area (Å²) in [5, 5.41) is 0. The number of amides is 1. The van der Waals surface area contributed by atoms with Crippen molar-refractivity contribution in [2.45, 2.75) is 38.8 Å². The van der Waals surface area contributed by atoms with Crippen molar-refractivity contribution in [3.05, 3.63) is 65.7 Å². The van der Waals surface area contributed by atoms with E-state index in [1.54, 1.807) is 4.90 Å². The summed E-state index contributed by atoms with van der Waals surface area (Å²) in [7, 11) is 0. The quantitative estimate of drug-likeness (QED) is 0.349. The first-order valence-corrected chi connectivity index (χ1v) is 10.6. The number of fused-ring (bicyclic) bond motifs is 1. The van der Waals surface area contributed by atoms with Gasteiger partial charge >= 0.3 is 5.97 Å². The van der Waals surface area contributed by atoms with Gasteiger partial charge in [0.1, 0.15) is 30.9 Å². The minimum absolute atomic E-state index is 0.131. The van der Waals surface area contributed by atoms with Gasteiger partial charge in [-0.1, -0.05) is 42.5 Å². The highest BCUT2D eigenvalue weighted by atomic mass is 16.7. The maximum absolute atomic E-state index is 13.0. The lowest BCUT2D eigenvalue weighted by Gasteiger charge is -2.53. The van der Waals surface area contributed by atoms with E-state index in [9.17, 15) is 9.59 Å². The van der Waals surface area contributed by atoms with E-state index in [1.807, 2.05) is 68.4 Å². The monoisotopic (exact) mass is 425 g/mol. The smallest absolute Gasteiger partial charge is 0.330 e. The zero-order chi connectivity index (χ0) is 21.8. The summed E-state index contributed by atoms with van der Waals surface area (Å²) in [6.07, 6.45) is -0.746. The predicted molar refractivity (Wildman–Crippen MR) is 112 cm³/mol. The number of carbonyl (C=O) groups excluding carboxylic acids is 2. The first-order chi connectivity index (χ1) is 15.1. The van der Waals surface area contributed by atoms with Gasteiger partial charge in [0.15, 0.2) is 6.29 Å². The largest absolute Gasteiger partial charge is 0.489 e. The fourth-order valence-corrected chi connectivity index (χ4v) is 4.10. The van der Waals surface area contributed by atoms with Gasteiger partial charge in [0, 0.05) is 13.2 Å². The maximum atomic E-state index is 13.0. The molecular formula is C24H27NO6. The molecule has 7 heteroatoms. The molecule has 2 fully saturated rings. The van der Waals surface area contributed by atoms with Crippen molar-refractivity contribution >= 4 is 11.9 Å². The molecule has 0 unspecified atom stereocenters. The second-order valence-corrected chi connectivity index (χ2v) is 7.48. The molecule has 4 rings (SSSR count). The zero-order valence-electron chi connectivity index (χ0n) is 17.7. The number of rotatable bonds is 9. The fraction of sp³-hybridized carbons (Fsp3) is 0.417. The molecule has 0 bridgehead atoms. The van der Waals surface area contributed by atoms with Gasteiger partial charge in [0.2, 0.25) is 5.91 Å². The van der Waals surface area contributed by atoms with Crippen LogP contribution in [-0.4, -0.2) is 48.9 Å². The molecule has 0 saturated carbocycles. The van der Waals surface area contributed by atoms with Crippen molar-refractivity contribution in [1.29, 1.82) is 0 Å². The van der Waals surface area contributed by atoms with Gasteiger partial charge in [-0.05, 0) is 37.1 Å². The van der Waals surface area contributed by atoms with Crippen molar-refractivity contribution < 1.29 is 28.5 Å². The molecular weight excluding hydrogens is 398 g/mol. The number of ether oxygens (including phenoxy) is 4. The topological polar surface area (TPSA) is 74.3 Å². The molecule has 7 nitrogen and oxygen atoms in total. The average molecular weight is 425 g/mol. The molecule has 2 heterocycles. The van der Waals surface area contributed by atoms with E-state index in [-0.39, 0.29) is 18.6 Å². The molecule has 3 atom stereocenters. The number of hydrogen-bond acceptors (Lipinski definition) is 6. The van der Waals surface area contributed by atoms with Crippen LogP contribution in [-0.2, 0) is 30.4 Å². The van der Waals surface area contributed by atoms with Crippen molar-refractivity contribution in [2.24, 2.45) is 5.92 Å². The Morgan fingerprint density at radius 3 is 2.32 bits per heavy atom. The lowest BCUT2D eigenvalue weighted by molar-refractivity contribution is -0.233. The third kappa shape index (κ3) is 4.29. The molecule has 0 spiro atoms. The zero-order valence-corrected chi connectivity index (χ0v) is 17.7. The van der Waals surface area contributed by atoms with Gasteiger partial charge in [-0.2, -0.15) is 0 Å². The van der Waals surface area contributed by atoms with Crippen LogP contribution in [0.25, 0.3) is 0 Å². The third-order valence-electron chi connectivity index (χ3n) is 5.61. The second kappa shape index (κ2) is 9.49. The molecule has 2 aliphatic heterocycles. The molecule has 2 aliphatic rings. The molecule has 2 aromatic carbocycles. The van der Waals surface area contributed by atoms with Gasteiger partial charge in [-0.25, -0.2) is 4.79 Å². The van der Waals surface area contributed by atoms with Crippen LogP contribution in [0.1, 0.15) is 31.0 Å². The Morgan fingerprint density at radius 2 is 1.68 bits per heavy atom. The van der Waals surface area contributed by atoms with Crippen molar-refractivity contribution in [3.63, 3.8) is 0 Å². The molecule has 2 aromatic rings. The summed E-state index contributed by atoms with van der Waals surface area (Å²) in [5.41, 5.74) is 1.98. The minimum atomic E-state index is -0.746. The van der Waals surface area contributed by atoms with Crippen LogP contribution in [0.4, 0.5) is 0 Å². The standard InChI is InChI=1S/C24H27NO6/c1-3-28-24(29-4-2)20-21-23(27)31-15-19(25(21)22(20)26)17-10-12-18(13-11-17)30-14-16-8-6-5-7-9-16/h5-13,19-21,24H,3-4,14-15H2,1-2H3/t19-,20-,21+/m0/s1. The first kappa shape index (κ1) is 21.3. The summed E-state index contributed by atoms with van der Waals surface area (Å²) in [5.74, 6) is -0.503. The van der Waals surface area contributed by atoms with Crippen LogP contribution in [0.15, 0.2) is 54.6 Å². The van der Waals surface area contributed by atoms with Gasteiger partial charge < -0.3 is 23.8 Å². The molecule has 164 valence electrons. The van der Waals surface area contributed by atoms with Crippen molar-refractivity contribution in [3.8, 4) is 5.75 Å². The first-order valence-electron chi connectivity index (χ1n) is 10.6. The Bertz CT molecular complexity index is 894. The summed E-state index contributed by atoms with van der Waals surface area (Å²) >= 11 is 0. The molecule has 0 aliphatic carbocycles. The molecule has 31 heavy (non-hydrogen) atoms. The summed E-state index contributed by atoms with van der Waals surface area (Å²) < 4.78 is 22.4. The highest BCUT2D eigenvalue weighted by Crippen LogP contribution is 2.42. The number of β-lactam (4-membered cyclic amide) rings is 1. The van der Waals surface area contributed by atoms with Crippen LogP contribution in [0.2, 0.25) is 0 Å². The Labute approximate surface area is 181 Å². The number of cyclic esters (lactones) is 1. The van der Waals surface area contributed by atoms with Crippen molar-refractivity contribution in [1.82, 2.24) is 4.90 Å². The Balaban J connectivity index is 1.45. The number of carbonyl (C=O) groups is 2. The van der Waals surface area contributed by atoms with Crippen LogP contribution < -0.4 is 4.74 Å². The van der Waals surface area contributed by atoms with E-state index in [1.165, 1.54) is 0 Å². The molecule has 0 aromatic heterocycles. The number of esters is 1. The second-order valence-electron chi connectivity index (χ2n) is 7.48. The summed E-state index contributed by atoms with van der Waals surface area (Å²) in [4.78, 5) is 27.0. The van der Waals surface area contributed by atoms with Crippen LogP contribution in [0.3, 0.4) is 0 Å². The Morgan fingerprint density at radius 1 is 1.00 bits per heavy atom. The molecule has 2 saturated heterocycles. The molecule has 0 N–H and O–H groups in total. The molecule has 0 radical (unpaired) electrons. The van der Waals surface area contributed by atoms with Gasteiger partial charge in [-0.15, -0.1) is 0 Å². The molecule has 1 amide bonds. The van der Waals surface area contributed by atoms with Crippen LogP contribution in [0.5, 0.6) is 5.75 Å². The summed E-state index contributed by atoms with van der Waals surface area (Å²) in [6.45, 7) is 5.05. The predicted octanol–water partition coefficient (Wildman–Crippen LogP) is 3.09.